The first-order valence-corrected chi connectivity index (χ1v) is 7.74. The van der Waals surface area contributed by atoms with E-state index in [1.807, 2.05) is 26.1 Å². The second-order valence-electron chi connectivity index (χ2n) is 5.70. The van der Waals surface area contributed by atoms with Crippen LogP contribution >= 0.6 is 0 Å². The summed E-state index contributed by atoms with van der Waals surface area (Å²) in [6.45, 7) is 6.93. The van der Waals surface area contributed by atoms with Crippen LogP contribution in [0.5, 0.6) is 5.75 Å². The van der Waals surface area contributed by atoms with E-state index in [2.05, 4.69) is 47.7 Å². The van der Waals surface area contributed by atoms with E-state index in [1.54, 1.807) is 0 Å². The minimum Gasteiger partial charge on any atom is -0.487 e. The summed E-state index contributed by atoms with van der Waals surface area (Å²) in [4.78, 5) is 4.63. The Hall–Kier alpha value is -2.29. The molecular weight excluding hydrogens is 272 g/mol. The van der Waals surface area contributed by atoms with Crippen LogP contribution in [-0.4, -0.2) is 9.55 Å². The molecule has 22 heavy (non-hydrogen) atoms. The highest BCUT2D eigenvalue weighted by molar-refractivity contribution is 5.82. The summed E-state index contributed by atoms with van der Waals surface area (Å²) < 4.78 is 8.21. The predicted molar refractivity (Wildman–Crippen MR) is 90.3 cm³/mol. The zero-order chi connectivity index (χ0) is 15.7. The van der Waals surface area contributed by atoms with Crippen LogP contribution in [0.2, 0.25) is 0 Å². The van der Waals surface area contributed by atoms with E-state index in [1.165, 1.54) is 16.7 Å². The molecule has 1 heterocycles. The van der Waals surface area contributed by atoms with Crippen LogP contribution in [0.3, 0.4) is 0 Å². The molecule has 0 fully saturated rings. The van der Waals surface area contributed by atoms with E-state index in [0.29, 0.717) is 6.61 Å². The molecule has 2 aromatic carbocycles. The van der Waals surface area contributed by atoms with Crippen LogP contribution in [0.4, 0.5) is 0 Å². The summed E-state index contributed by atoms with van der Waals surface area (Å²) in [6, 6.07) is 12.5. The van der Waals surface area contributed by atoms with Crippen molar-refractivity contribution >= 4 is 11.0 Å². The molecule has 1 aromatic heterocycles. The summed E-state index contributed by atoms with van der Waals surface area (Å²) in [5.41, 5.74) is 5.97. The van der Waals surface area contributed by atoms with Crippen molar-refractivity contribution < 1.29 is 4.74 Å². The zero-order valence-corrected chi connectivity index (χ0v) is 13.7. The lowest BCUT2D eigenvalue weighted by molar-refractivity contribution is 0.307. The minimum atomic E-state index is 0.588. The Morgan fingerprint density at radius 1 is 1.09 bits per heavy atom. The highest BCUT2D eigenvalue weighted by Crippen LogP contribution is 2.27. The monoisotopic (exact) mass is 294 g/mol. The van der Waals surface area contributed by atoms with E-state index in [4.69, 9.17) is 4.74 Å². The standard InChI is InChI=1S/C19H22N2O/c1-5-15-9-6-8-13(2)16(15)12-22-18-11-7-10-17-19(18)20-14(3)21(17)4/h6-11H,5,12H2,1-4H3. The third-order valence-corrected chi connectivity index (χ3v) is 4.36. The molecule has 0 aliphatic heterocycles. The fraction of sp³-hybridized carbons (Fsp3) is 0.316. The van der Waals surface area contributed by atoms with Gasteiger partial charge in [0.1, 0.15) is 23.7 Å². The lowest BCUT2D eigenvalue weighted by atomic mass is 10.0. The SMILES string of the molecule is CCc1cccc(C)c1COc1cccc2c1nc(C)n2C. The molecule has 114 valence electrons. The molecule has 3 heteroatoms. The Morgan fingerprint density at radius 2 is 1.86 bits per heavy atom. The Labute approximate surface area is 131 Å². The average Bonchev–Trinajstić information content (AvgIpc) is 2.82. The maximum Gasteiger partial charge on any atom is 0.147 e. The zero-order valence-electron chi connectivity index (χ0n) is 13.7. The highest BCUT2D eigenvalue weighted by atomic mass is 16.5. The van der Waals surface area contributed by atoms with Crippen molar-refractivity contribution in [1.29, 1.82) is 0 Å². The summed E-state index contributed by atoms with van der Waals surface area (Å²) in [6.07, 6.45) is 1.02. The van der Waals surface area contributed by atoms with Gasteiger partial charge < -0.3 is 9.30 Å². The first-order chi connectivity index (χ1) is 10.6. The molecule has 0 aliphatic rings. The fourth-order valence-corrected chi connectivity index (χ4v) is 2.87. The van der Waals surface area contributed by atoms with Crippen molar-refractivity contribution in [2.75, 3.05) is 0 Å². The third kappa shape index (κ3) is 2.47. The number of imidazole rings is 1. The van der Waals surface area contributed by atoms with Gasteiger partial charge in [-0.2, -0.15) is 0 Å². The number of rotatable bonds is 4. The van der Waals surface area contributed by atoms with Crippen molar-refractivity contribution in [3.63, 3.8) is 0 Å². The number of aryl methyl sites for hydroxylation is 4. The van der Waals surface area contributed by atoms with Gasteiger partial charge in [-0.25, -0.2) is 4.98 Å². The van der Waals surface area contributed by atoms with E-state index in [0.717, 1.165) is 29.0 Å². The van der Waals surface area contributed by atoms with Crippen molar-refractivity contribution in [3.8, 4) is 5.75 Å². The maximum absolute atomic E-state index is 6.12. The molecule has 3 aromatic rings. The van der Waals surface area contributed by atoms with Gasteiger partial charge in [-0.3, -0.25) is 0 Å². The number of hydrogen-bond donors (Lipinski definition) is 0. The van der Waals surface area contributed by atoms with Gasteiger partial charge >= 0.3 is 0 Å². The topological polar surface area (TPSA) is 27.1 Å². The molecule has 0 spiro atoms. The first kappa shape index (κ1) is 14.6. The van der Waals surface area contributed by atoms with E-state index in [9.17, 15) is 0 Å². The second kappa shape index (κ2) is 5.84. The van der Waals surface area contributed by atoms with Gasteiger partial charge in [0.2, 0.25) is 0 Å². The largest absolute Gasteiger partial charge is 0.487 e. The summed E-state index contributed by atoms with van der Waals surface area (Å²) in [5, 5.41) is 0. The van der Waals surface area contributed by atoms with Crippen molar-refractivity contribution in [2.45, 2.75) is 33.8 Å². The van der Waals surface area contributed by atoms with Crippen molar-refractivity contribution in [1.82, 2.24) is 9.55 Å². The molecular formula is C19H22N2O. The molecule has 0 atom stereocenters. The lowest BCUT2D eigenvalue weighted by Crippen LogP contribution is -2.02. The van der Waals surface area contributed by atoms with Gasteiger partial charge in [-0.1, -0.05) is 31.2 Å². The van der Waals surface area contributed by atoms with Crippen LogP contribution in [0.15, 0.2) is 36.4 Å². The van der Waals surface area contributed by atoms with Crippen molar-refractivity contribution in [2.24, 2.45) is 7.05 Å². The molecule has 0 unspecified atom stereocenters. The number of hydrogen-bond acceptors (Lipinski definition) is 2. The molecule has 0 saturated heterocycles. The Kier molecular flexibility index (Phi) is 3.88. The number of para-hydroxylation sites is 1. The highest BCUT2D eigenvalue weighted by Gasteiger charge is 2.11. The average molecular weight is 294 g/mol. The predicted octanol–water partition coefficient (Wildman–Crippen LogP) is 4.33. The molecule has 3 rings (SSSR count). The normalized spacial score (nSPS) is 11.1. The van der Waals surface area contributed by atoms with E-state index >= 15 is 0 Å². The molecule has 0 N–H and O–H groups in total. The first-order valence-electron chi connectivity index (χ1n) is 7.74. The molecule has 0 bridgehead atoms. The number of aromatic nitrogens is 2. The van der Waals surface area contributed by atoms with Gasteiger partial charge in [0.05, 0.1) is 5.52 Å². The fourth-order valence-electron chi connectivity index (χ4n) is 2.87. The number of benzene rings is 2. The Bertz CT molecular complexity index is 818. The number of nitrogens with zero attached hydrogens (tertiary/aromatic N) is 2. The minimum absolute atomic E-state index is 0.588. The van der Waals surface area contributed by atoms with Crippen molar-refractivity contribution in [3.05, 3.63) is 58.9 Å². The maximum atomic E-state index is 6.12. The molecule has 3 nitrogen and oxygen atoms in total. The smallest absolute Gasteiger partial charge is 0.147 e. The van der Waals surface area contributed by atoms with Crippen LogP contribution in [0.25, 0.3) is 11.0 Å². The Balaban J connectivity index is 1.94. The van der Waals surface area contributed by atoms with Gasteiger partial charge in [0, 0.05) is 7.05 Å². The third-order valence-electron chi connectivity index (χ3n) is 4.36. The lowest BCUT2D eigenvalue weighted by Gasteiger charge is -2.13. The summed E-state index contributed by atoms with van der Waals surface area (Å²) in [7, 11) is 2.03. The number of ether oxygens (including phenoxy) is 1. The van der Waals surface area contributed by atoms with Gasteiger partial charge in [0.15, 0.2) is 0 Å². The quantitative estimate of drug-likeness (QED) is 0.716. The van der Waals surface area contributed by atoms with Crippen LogP contribution in [-0.2, 0) is 20.1 Å². The Morgan fingerprint density at radius 3 is 2.64 bits per heavy atom. The second-order valence-corrected chi connectivity index (χ2v) is 5.70. The summed E-state index contributed by atoms with van der Waals surface area (Å²) >= 11 is 0. The van der Waals surface area contributed by atoms with E-state index in [-0.39, 0.29) is 0 Å². The molecule has 0 amide bonds. The van der Waals surface area contributed by atoms with Gasteiger partial charge in [0.25, 0.3) is 0 Å². The number of fused-ring (bicyclic) bond motifs is 1. The van der Waals surface area contributed by atoms with Gasteiger partial charge in [-0.05, 0) is 49.1 Å². The molecule has 0 saturated carbocycles. The van der Waals surface area contributed by atoms with Crippen LogP contribution < -0.4 is 4.74 Å². The van der Waals surface area contributed by atoms with E-state index < -0.39 is 0 Å². The molecule has 0 aliphatic carbocycles. The molecule has 0 radical (unpaired) electrons. The van der Waals surface area contributed by atoms with Crippen LogP contribution in [0, 0.1) is 13.8 Å². The van der Waals surface area contributed by atoms with Crippen LogP contribution in [0.1, 0.15) is 29.4 Å². The summed E-state index contributed by atoms with van der Waals surface area (Å²) in [5.74, 6) is 1.85. The van der Waals surface area contributed by atoms with Gasteiger partial charge in [-0.15, -0.1) is 0 Å².